The second-order valence-electron chi connectivity index (χ2n) is 4.11. The lowest BCUT2D eigenvalue weighted by Gasteiger charge is -2.06. The maximum atomic E-state index is 12.2. The maximum absolute atomic E-state index is 12.2. The highest BCUT2D eigenvalue weighted by atomic mass is 79.9. The number of anilines is 1. The van der Waals surface area contributed by atoms with Crippen molar-refractivity contribution in [2.45, 2.75) is 6.92 Å². The summed E-state index contributed by atoms with van der Waals surface area (Å²) >= 11 is 3.33. The van der Waals surface area contributed by atoms with Crippen molar-refractivity contribution in [1.82, 2.24) is 9.78 Å². The molecule has 96 valence electrons. The number of amides is 1. The lowest BCUT2D eigenvalue weighted by atomic mass is 10.1. The Morgan fingerprint density at radius 3 is 2.95 bits per heavy atom. The smallest absolute Gasteiger partial charge is 0.258 e. The van der Waals surface area contributed by atoms with Crippen molar-refractivity contribution in [3.8, 4) is 6.07 Å². The third kappa shape index (κ3) is 2.83. The summed E-state index contributed by atoms with van der Waals surface area (Å²) in [5.41, 5.74) is 1.82. The van der Waals surface area contributed by atoms with Crippen LogP contribution in [0.1, 0.15) is 21.5 Å². The second-order valence-corrected chi connectivity index (χ2v) is 4.97. The van der Waals surface area contributed by atoms with E-state index in [2.05, 4.69) is 26.3 Å². The molecule has 0 spiro atoms. The topological polar surface area (TPSA) is 70.7 Å². The molecule has 2 aromatic rings. The van der Waals surface area contributed by atoms with Gasteiger partial charge >= 0.3 is 0 Å². The van der Waals surface area contributed by atoms with Crippen LogP contribution in [0.4, 0.5) is 5.82 Å². The van der Waals surface area contributed by atoms with E-state index < -0.39 is 0 Å². The highest BCUT2D eigenvalue weighted by molar-refractivity contribution is 9.10. The molecule has 2 rings (SSSR count). The zero-order valence-electron chi connectivity index (χ0n) is 10.4. The van der Waals surface area contributed by atoms with Gasteiger partial charge in [-0.2, -0.15) is 10.4 Å². The second kappa shape index (κ2) is 5.24. The number of nitrogens with one attached hydrogen (secondary N) is 1. The highest BCUT2D eigenvalue weighted by Gasteiger charge is 2.14. The van der Waals surface area contributed by atoms with E-state index in [1.807, 2.05) is 25.1 Å². The Kier molecular flexibility index (Phi) is 3.67. The molecule has 0 aliphatic carbocycles. The Hall–Kier alpha value is -2.13. The average Bonchev–Trinajstić information content (AvgIpc) is 2.72. The van der Waals surface area contributed by atoms with E-state index in [0.29, 0.717) is 15.6 Å². The van der Waals surface area contributed by atoms with Crippen molar-refractivity contribution in [3.05, 3.63) is 45.6 Å². The van der Waals surface area contributed by atoms with Crippen molar-refractivity contribution in [1.29, 1.82) is 5.26 Å². The molecule has 1 aromatic heterocycles. The molecule has 0 unspecified atom stereocenters. The lowest BCUT2D eigenvalue weighted by Crippen LogP contribution is -2.14. The number of hydrogen-bond acceptors (Lipinski definition) is 3. The van der Waals surface area contributed by atoms with Gasteiger partial charge in [0.2, 0.25) is 0 Å². The van der Waals surface area contributed by atoms with Crippen LogP contribution in [0.15, 0.2) is 28.9 Å². The van der Waals surface area contributed by atoms with Gasteiger partial charge in [-0.15, -0.1) is 0 Å². The number of carbonyl (C=O) groups is 1. The molecule has 0 bridgehead atoms. The van der Waals surface area contributed by atoms with Gasteiger partial charge in [-0.1, -0.05) is 11.6 Å². The van der Waals surface area contributed by atoms with Crippen LogP contribution in [0.2, 0.25) is 0 Å². The van der Waals surface area contributed by atoms with Gasteiger partial charge in [-0.05, 0) is 35.0 Å². The van der Waals surface area contributed by atoms with Crippen molar-refractivity contribution < 1.29 is 4.79 Å². The molecule has 1 N–H and O–H groups in total. The minimum atomic E-state index is -0.300. The first-order valence-electron chi connectivity index (χ1n) is 5.52. The average molecular weight is 319 g/mol. The van der Waals surface area contributed by atoms with E-state index in [4.69, 9.17) is 5.26 Å². The molecular formula is C13H11BrN4O. The van der Waals surface area contributed by atoms with Crippen LogP contribution < -0.4 is 5.32 Å². The highest BCUT2D eigenvalue weighted by Crippen LogP contribution is 2.20. The van der Waals surface area contributed by atoms with Crippen molar-refractivity contribution in [2.24, 2.45) is 7.05 Å². The van der Waals surface area contributed by atoms with Gasteiger partial charge in [-0.3, -0.25) is 9.48 Å². The number of rotatable bonds is 2. The zero-order chi connectivity index (χ0) is 14.0. The largest absolute Gasteiger partial charge is 0.304 e. The number of benzene rings is 1. The quantitative estimate of drug-likeness (QED) is 0.925. The molecule has 19 heavy (non-hydrogen) atoms. The van der Waals surface area contributed by atoms with E-state index >= 15 is 0 Å². The zero-order valence-corrected chi connectivity index (χ0v) is 12.0. The first kappa shape index (κ1) is 13.3. The van der Waals surface area contributed by atoms with Gasteiger partial charge in [-0.25, -0.2) is 0 Å². The summed E-state index contributed by atoms with van der Waals surface area (Å²) in [4.78, 5) is 12.2. The number of nitriles is 1. The standard InChI is InChI=1S/C13H11BrN4O/c1-8-3-4-11(14)10(5-8)13(19)16-12-9(6-15)7-18(2)17-12/h3-5,7H,1-2H3,(H,16,17,19). The van der Waals surface area contributed by atoms with Crippen LogP contribution in [0.25, 0.3) is 0 Å². The fourth-order valence-corrected chi connectivity index (χ4v) is 2.08. The number of aryl methyl sites for hydroxylation is 2. The molecule has 0 aliphatic heterocycles. The van der Waals surface area contributed by atoms with E-state index in [9.17, 15) is 4.79 Å². The van der Waals surface area contributed by atoms with Crippen LogP contribution in [-0.4, -0.2) is 15.7 Å². The van der Waals surface area contributed by atoms with Crippen molar-refractivity contribution in [2.75, 3.05) is 5.32 Å². The third-order valence-corrected chi connectivity index (χ3v) is 3.24. The summed E-state index contributed by atoms with van der Waals surface area (Å²) in [7, 11) is 1.69. The molecular weight excluding hydrogens is 308 g/mol. The van der Waals surface area contributed by atoms with E-state index in [0.717, 1.165) is 5.56 Å². The minimum Gasteiger partial charge on any atom is -0.304 e. The number of aromatic nitrogens is 2. The van der Waals surface area contributed by atoms with Crippen LogP contribution in [0, 0.1) is 18.3 Å². The van der Waals surface area contributed by atoms with E-state index in [1.165, 1.54) is 4.68 Å². The molecule has 1 amide bonds. The first-order valence-corrected chi connectivity index (χ1v) is 6.32. The SMILES string of the molecule is Cc1ccc(Br)c(C(=O)Nc2nn(C)cc2C#N)c1. The molecule has 0 saturated heterocycles. The van der Waals surface area contributed by atoms with Gasteiger partial charge in [0.1, 0.15) is 11.6 Å². The molecule has 0 radical (unpaired) electrons. The Morgan fingerprint density at radius 2 is 2.26 bits per heavy atom. The molecule has 5 nitrogen and oxygen atoms in total. The third-order valence-electron chi connectivity index (χ3n) is 2.55. The van der Waals surface area contributed by atoms with Crippen LogP contribution in [0.3, 0.4) is 0 Å². The Balaban J connectivity index is 2.31. The number of nitrogens with zero attached hydrogens (tertiary/aromatic N) is 3. The predicted molar refractivity (Wildman–Crippen MR) is 74.8 cm³/mol. The summed E-state index contributed by atoms with van der Waals surface area (Å²) in [6.45, 7) is 1.91. The van der Waals surface area contributed by atoms with Crippen molar-refractivity contribution in [3.63, 3.8) is 0 Å². The van der Waals surface area contributed by atoms with Gasteiger partial charge in [0, 0.05) is 17.7 Å². The monoisotopic (exact) mass is 318 g/mol. The number of hydrogen-bond donors (Lipinski definition) is 1. The van der Waals surface area contributed by atoms with Gasteiger partial charge in [0.05, 0.1) is 5.56 Å². The van der Waals surface area contributed by atoms with Crippen LogP contribution in [0.5, 0.6) is 0 Å². The fraction of sp³-hybridized carbons (Fsp3) is 0.154. The van der Waals surface area contributed by atoms with E-state index in [-0.39, 0.29) is 11.7 Å². The first-order chi connectivity index (χ1) is 9.01. The van der Waals surface area contributed by atoms with Crippen LogP contribution in [-0.2, 0) is 7.05 Å². The van der Waals surface area contributed by atoms with E-state index in [1.54, 1.807) is 19.3 Å². The summed E-state index contributed by atoms with van der Waals surface area (Å²) < 4.78 is 2.18. The number of carbonyl (C=O) groups excluding carboxylic acids is 1. The molecule has 1 heterocycles. The summed E-state index contributed by atoms with van der Waals surface area (Å²) in [6, 6.07) is 7.48. The summed E-state index contributed by atoms with van der Waals surface area (Å²) in [5.74, 6) is -0.0332. The molecule has 1 aromatic carbocycles. The molecule has 0 fully saturated rings. The number of halogens is 1. The van der Waals surface area contributed by atoms with Gasteiger partial charge < -0.3 is 5.32 Å². The van der Waals surface area contributed by atoms with Gasteiger partial charge in [0.15, 0.2) is 5.82 Å². The maximum Gasteiger partial charge on any atom is 0.258 e. The Labute approximate surface area is 119 Å². The predicted octanol–water partition coefficient (Wildman–Crippen LogP) is 2.62. The lowest BCUT2D eigenvalue weighted by molar-refractivity contribution is 0.102. The fourth-order valence-electron chi connectivity index (χ4n) is 1.65. The molecule has 0 aliphatic rings. The van der Waals surface area contributed by atoms with Gasteiger partial charge in [0.25, 0.3) is 5.91 Å². The normalized spacial score (nSPS) is 10.0. The van der Waals surface area contributed by atoms with Crippen molar-refractivity contribution >= 4 is 27.7 Å². The molecule has 0 atom stereocenters. The Morgan fingerprint density at radius 1 is 1.53 bits per heavy atom. The minimum absolute atomic E-state index is 0.267. The molecule has 0 saturated carbocycles. The Bertz CT molecular complexity index is 684. The van der Waals surface area contributed by atoms with Crippen LogP contribution >= 0.6 is 15.9 Å². The summed E-state index contributed by atoms with van der Waals surface area (Å²) in [5, 5.41) is 15.6. The molecule has 6 heteroatoms. The summed E-state index contributed by atoms with van der Waals surface area (Å²) in [6.07, 6.45) is 1.56.